The van der Waals surface area contributed by atoms with Crippen LogP contribution in [0.5, 0.6) is 0 Å². The average molecular weight is 944 g/mol. The Morgan fingerprint density at radius 2 is 0.725 bits per heavy atom. The number of hydrogen-bond donors (Lipinski definition) is 4. The normalized spacial score (nSPS) is 9.45. The van der Waals surface area contributed by atoms with Crippen LogP contribution in [0.15, 0.2) is 0 Å². The molecule has 40 heavy (non-hydrogen) atoms. The molecule has 0 aromatic rings. The minimum absolute atomic E-state index is 0. The van der Waals surface area contributed by atoms with Crippen molar-refractivity contribution in [3.8, 4) is 0 Å². The van der Waals surface area contributed by atoms with Crippen molar-refractivity contribution in [3.63, 3.8) is 0 Å². The van der Waals surface area contributed by atoms with Crippen LogP contribution in [0.3, 0.4) is 0 Å². The first-order valence-electron chi connectivity index (χ1n) is 14.3. The van der Waals surface area contributed by atoms with Crippen molar-refractivity contribution < 1.29 is 169 Å². The van der Waals surface area contributed by atoms with Crippen LogP contribution >= 0.6 is 0 Å². The molecule has 0 atom stereocenters. The smallest absolute Gasteiger partial charge is 0.0431 e. The third-order valence-corrected chi connectivity index (χ3v) is 5.59. The molecule has 231 valence electrons. The fraction of sp³-hybridized carbons (Fsp3) is 0.862. The quantitative estimate of drug-likeness (QED) is 0.0817. The molecule has 0 spiro atoms. The molecular weight excluding hydrogens is 879 g/mol. The molecule has 0 unspecified atom stereocenters. The Morgan fingerprint density at radius 1 is 0.450 bits per heavy atom. The number of nitrogens with one attached hydrogen (secondary N) is 3. The predicted octanol–water partition coefficient (Wildman–Crippen LogP) is 4.91. The topological polar surface area (TPSA) is 62.8 Å². The molecule has 0 saturated heterocycles. The van der Waals surface area contributed by atoms with E-state index in [1.165, 1.54) is 64.2 Å². The van der Waals surface area contributed by atoms with E-state index in [2.05, 4.69) is 53.7 Å². The van der Waals surface area contributed by atoms with Crippen LogP contribution in [-0.2, 0) is 164 Å². The van der Waals surface area contributed by atoms with Gasteiger partial charge in [-0.2, -0.15) is 12.8 Å². The molecule has 0 heterocycles. The molecule has 0 fully saturated rings. The van der Waals surface area contributed by atoms with Crippen LogP contribution in [0, 0.1) is 27.9 Å². The molecule has 11 heteroatoms. The fourth-order valence-electron chi connectivity index (χ4n) is 3.29. The van der Waals surface area contributed by atoms with Crippen molar-refractivity contribution in [2.24, 2.45) is 0 Å². The van der Waals surface area contributed by atoms with Gasteiger partial charge in [0, 0.05) is 170 Å². The standard InChI is InChI=1S/C12H26N2.C11H25N2O.C6H14N.5Y/c1-4-5-8-11-14(3)12-9-6-7-10-13-2;1-12-8-4-3-5-9-13(2)10-6-7-11-14;1-3-4-5-6-7-2;;;;;/h13H,1,3-12H2,2H3;12,14H,2-11H2,1H3;7H,1,3-6H2,2H3;;;;;/q-2;2*-1;;;;;. The first kappa shape index (κ1) is 63.9. The van der Waals surface area contributed by atoms with Gasteiger partial charge in [-0.15, -0.1) is 0 Å². The summed E-state index contributed by atoms with van der Waals surface area (Å²) in [4.78, 5) is 4.30. The fourth-order valence-corrected chi connectivity index (χ4v) is 3.29. The SMILES string of the molecule is [CH2-]CCCCN([CH2-])CCCCCNC.[CH2-]CCCCNC.[CH2-]N(CCCCO)CCCCCNC.[Y].[Y].[Y].[Y].[Y]. The van der Waals surface area contributed by atoms with E-state index in [0.29, 0.717) is 6.61 Å². The summed E-state index contributed by atoms with van der Waals surface area (Å²) in [6, 6.07) is 0. The van der Waals surface area contributed by atoms with E-state index >= 15 is 0 Å². The second-order valence-electron chi connectivity index (χ2n) is 9.22. The Kier molecular flexibility index (Phi) is 101. The third kappa shape index (κ3) is 69.9. The van der Waals surface area contributed by atoms with Crippen LogP contribution in [-0.4, -0.2) is 88.5 Å². The van der Waals surface area contributed by atoms with Crippen LogP contribution in [0.2, 0.25) is 0 Å². The number of aliphatic hydroxyl groups excluding tert-OH is 1. The summed E-state index contributed by atoms with van der Waals surface area (Å²) < 4.78 is 0. The summed E-state index contributed by atoms with van der Waals surface area (Å²) in [6.45, 7) is 15.6. The first-order valence-corrected chi connectivity index (χ1v) is 14.3. The average Bonchev–Trinajstić information content (AvgIpc) is 2.85. The van der Waals surface area contributed by atoms with E-state index in [1.54, 1.807) is 0 Å². The summed E-state index contributed by atoms with van der Waals surface area (Å²) in [5, 5.41) is 18.0. The molecule has 0 amide bonds. The number of hydrogen-bond acceptors (Lipinski definition) is 6. The predicted molar refractivity (Wildman–Crippen MR) is 158 cm³/mol. The van der Waals surface area contributed by atoms with Crippen LogP contribution in [0.4, 0.5) is 0 Å². The zero-order valence-corrected chi connectivity index (χ0v) is 41.3. The maximum absolute atomic E-state index is 8.61. The molecule has 0 aliphatic heterocycles. The summed E-state index contributed by atoms with van der Waals surface area (Å²) in [5.41, 5.74) is 0. The van der Waals surface area contributed by atoms with Gasteiger partial charge in [0.05, 0.1) is 0 Å². The molecule has 4 N–H and O–H groups in total. The van der Waals surface area contributed by atoms with Gasteiger partial charge in [0.1, 0.15) is 0 Å². The molecule has 0 rings (SSSR count). The van der Waals surface area contributed by atoms with Gasteiger partial charge in [-0.3, -0.25) is 14.1 Å². The number of rotatable bonds is 24. The second-order valence-corrected chi connectivity index (χ2v) is 9.22. The molecule has 0 saturated carbocycles. The van der Waals surface area contributed by atoms with E-state index in [9.17, 15) is 0 Å². The van der Waals surface area contributed by atoms with Gasteiger partial charge in [0.2, 0.25) is 0 Å². The number of aliphatic hydroxyl groups is 1. The van der Waals surface area contributed by atoms with Gasteiger partial charge in [-0.1, -0.05) is 25.7 Å². The minimum Gasteiger partial charge on any atom is -0.459 e. The Hall–Kier alpha value is 5.28. The van der Waals surface area contributed by atoms with E-state index < -0.39 is 0 Å². The Bertz CT molecular complexity index is 326. The third-order valence-electron chi connectivity index (χ3n) is 5.59. The van der Waals surface area contributed by atoms with E-state index in [4.69, 9.17) is 5.11 Å². The van der Waals surface area contributed by atoms with Gasteiger partial charge < -0.3 is 44.7 Å². The number of unbranched alkanes of at least 4 members (excludes halogenated alkanes) is 9. The molecule has 0 aliphatic carbocycles. The molecule has 0 bridgehead atoms. The van der Waals surface area contributed by atoms with Crippen molar-refractivity contribution in [1.82, 2.24) is 25.8 Å². The Morgan fingerprint density at radius 3 is 1.02 bits per heavy atom. The van der Waals surface area contributed by atoms with Gasteiger partial charge in [-0.25, -0.2) is 0 Å². The van der Waals surface area contributed by atoms with Crippen molar-refractivity contribution >= 4 is 0 Å². The zero-order chi connectivity index (χ0) is 26.8. The molecule has 0 aromatic carbocycles. The summed E-state index contributed by atoms with van der Waals surface area (Å²) in [7, 11) is 14.0. The van der Waals surface area contributed by atoms with Crippen molar-refractivity contribution in [2.45, 2.75) is 89.9 Å². The summed E-state index contributed by atoms with van der Waals surface area (Å²) >= 11 is 0. The maximum atomic E-state index is 8.61. The Balaban J connectivity index is -0.0000000630. The zero-order valence-electron chi connectivity index (χ0n) is 27.1. The molecule has 0 aromatic heterocycles. The number of nitrogens with zero attached hydrogens (tertiary/aromatic N) is 2. The van der Waals surface area contributed by atoms with E-state index in [-0.39, 0.29) is 164 Å². The monoisotopic (exact) mass is 944 g/mol. The van der Waals surface area contributed by atoms with Gasteiger partial charge in [0.15, 0.2) is 0 Å². The molecule has 6 nitrogen and oxygen atoms in total. The van der Waals surface area contributed by atoms with Crippen LogP contribution < -0.4 is 16.0 Å². The summed E-state index contributed by atoms with van der Waals surface area (Å²) in [6.07, 6.45) is 16.7. The minimum atomic E-state index is 0. The van der Waals surface area contributed by atoms with Crippen molar-refractivity contribution in [1.29, 1.82) is 0 Å². The maximum Gasteiger partial charge on any atom is 0.0431 e. The largest absolute Gasteiger partial charge is 0.459 e. The van der Waals surface area contributed by atoms with Gasteiger partial charge in [0.25, 0.3) is 0 Å². The molecule has 5 radical (unpaired) electrons. The van der Waals surface area contributed by atoms with Crippen molar-refractivity contribution in [2.75, 3.05) is 73.6 Å². The first-order chi connectivity index (χ1) is 17.0. The van der Waals surface area contributed by atoms with Crippen LogP contribution in [0.1, 0.15) is 89.9 Å². The van der Waals surface area contributed by atoms with E-state index in [0.717, 1.165) is 71.5 Å². The van der Waals surface area contributed by atoms with E-state index in [1.807, 2.05) is 21.1 Å². The van der Waals surface area contributed by atoms with Crippen LogP contribution in [0.25, 0.3) is 0 Å². The van der Waals surface area contributed by atoms with Gasteiger partial charge in [-0.05, 0) is 118 Å². The van der Waals surface area contributed by atoms with Crippen molar-refractivity contribution in [3.05, 3.63) is 27.9 Å². The molecule has 0 aliphatic rings. The second kappa shape index (κ2) is 63.0. The Labute approximate surface area is 379 Å². The van der Waals surface area contributed by atoms with Gasteiger partial charge >= 0.3 is 0 Å². The summed E-state index contributed by atoms with van der Waals surface area (Å²) in [5.74, 6) is 0. The molecular formula is C29H65N5OY5-4.